The van der Waals surface area contributed by atoms with Gasteiger partial charge < -0.3 is 23.9 Å². The second-order valence-electron chi connectivity index (χ2n) is 7.24. The Morgan fingerprint density at radius 3 is 2.55 bits per heavy atom. The Kier molecular flexibility index (Phi) is 6.02. The molecule has 4 rings (SSSR count). The Morgan fingerprint density at radius 1 is 1.26 bits per heavy atom. The van der Waals surface area contributed by atoms with Crippen LogP contribution in [-0.2, 0) is 6.54 Å². The Hall–Kier alpha value is -2.84. The highest BCUT2D eigenvalue weighted by Gasteiger charge is 2.26. The van der Waals surface area contributed by atoms with E-state index in [2.05, 4.69) is 4.98 Å². The third-order valence-corrected chi connectivity index (χ3v) is 6.17. The molecule has 1 aromatic heterocycles. The number of rotatable bonds is 7. The third-order valence-electron chi connectivity index (χ3n) is 4.83. The summed E-state index contributed by atoms with van der Waals surface area (Å²) in [7, 11) is 1.60. The number of ether oxygens (including phenoxy) is 3. The summed E-state index contributed by atoms with van der Waals surface area (Å²) in [5.41, 5.74) is 0.854. The zero-order valence-corrected chi connectivity index (χ0v) is 18.8. The minimum atomic E-state index is -1.05. The van der Waals surface area contributed by atoms with Crippen LogP contribution in [0.25, 0.3) is 0 Å². The average Bonchev–Trinajstić information content (AvgIpc) is 3.33. The molecule has 9 heteroatoms. The van der Waals surface area contributed by atoms with E-state index in [0.29, 0.717) is 27.4 Å². The molecule has 2 heterocycles. The Morgan fingerprint density at radius 2 is 1.94 bits per heavy atom. The fourth-order valence-corrected chi connectivity index (χ4v) is 4.47. The van der Waals surface area contributed by atoms with Gasteiger partial charge in [0.05, 0.1) is 13.7 Å². The van der Waals surface area contributed by atoms with E-state index in [1.54, 1.807) is 23.8 Å². The van der Waals surface area contributed by atoms with Gasteiger partial charge in [-0.15, -0.1) is 0 Å². The van der Waals surface area contributed by atoms with Gasteiger partial charge in [-0.3, -0.25) is 0 Å². The lowest BCUT2D eigenvalue weighted by Crippen LogP contribution is -2.14. The number of imidazole rings is 1. The summed E-state index contributed by atoms with van der Waals surface area (Å²) in [4.78, 5) is 17.8. The van der Waals surface area contributed by atoms with Crippen LogP contribution in [0.5, 0.6) is 17.2 Å². The first-order valence-corrected chi connectivity index (χ1v) is 10.8. The first-order valence-electron chi connectivity index (χ1n) is 9.61. The van der Waals surface area contributed by atoms with Gasteiger partial charge in [-0.1, -0.05) is 37.2 Å². The topological polar surface area (TPSA) is 82.8 Å². The number of halogens is 1. The highest BCUT2D eigenvalue weighted by Crippen LogP contribution is 2.38. The van der Waals surface area contributed by atoms with Gasteiger partial charge >= 0.3 is 5.97 Å². The number of carboxylic acids is 1. The van der Waals surface area contributed by atoms with Crippen LogP contribution < -0.4 is 14.2 Å². The van der Waals surface area contributed by atoms with Crippen LogP contribution in [0.3, 0.4) is 0 Å². The maximum absolute atomic E-state index is 12.3. The first kappa shape index (κ1) is 21.4. The lowest BCUT2D eigenvalue weighted by atomic mass is 10.1. The van der Waals surface area contributed by atoms with Crippen LogP contribution in [0, 0.1) is 0 Å². The van der Waals surface area contributed by atoms with Gasteiger partial charge in [0.15, 0.2) is 17.2 Å². The number of aromatic nitrogens is 2. The molecule has 162 valence electrons. The van der Waals surface area contributed by atoms with Crippen molar-refractivity contribution in [1.29, 1.82) is 0 Å². The van der Waals surface area contributed by atoms with E-state index in [9.17, 15) is 9.90 Å². The molecular weight excluding hydrogens is 440 g/mol. The van der Waals surface area contributed by atoms with Gasteiger partial charge in [-0.2, -0.15) is 0 Å². The SMILES string of the molecule is COc1ccc(Sc2nc(C(C)C)n(Cc3cc4c(cc3Cl)OCO4)c2C(=O)O)cc1. The molecule has 1 aliphatic rings. The van der Waals surface area contributed by atoms with Crippen molar-refractivity contribution in [3.63, 3.8) is 0 Å². The van der Waals surface area contributed by atoms with Gasteiger partial charge in [0.2, 0.25) is 6.79 Å². The number of fused-ring (bicyclic) bond motifs is 1. The zero-order valence-electron chi connectivity index (χ0n) is 17.2. The van der Waals surface area contributed by atoms with Crippen molar-refractivity contribution < 1.29 is 24.1 Å². The standard InChI is InChI=1S/C22H21ClN2O5S/c1-12(2)20-24-21(31-15-6-4-14(28-3)5-7-15)19(22(26)27)25(20)10-13-8-17-18(9-16(13)23)30-11-29-17/h4-9,12H,10-11H2,1-3H3,(H,26,27). The highest BCUT2D eigenvalue weighted by molar-refractivity contribution is 7.99. The minimum absolute atomic E-state index is 0.0103. The second-order valence-corrected chi connectivity index (χ2v) is 8.71. The number of hydrogen-bond acceptors (Lipinski definition) is 6. The Balaban J connectivity index is 1.75. The summed E-state index contributed by atoms with van der Waals surface area (Å²) < 4.78 is 17.7. The van der Waals surface area contributed by atoms with E-state index in [4.69, 9.17) is 25.8 Å². The molecule has 1 aliphatic heterocycles. The van der Waals surface area contributed by atoms with Gasteiger partial charge in [0, 0.05) is 21.9 Å². The van der Waals surface area contributed by atoms with Crippen molar-refractivity contribution in [2.75, 3.05) is 13.9 Å². The normalized spacial score (nSPS) is 12.4. The fraction of sp³-hybridized carbons (Fsp3) is 0.273. The smallest absolute Gasteiger partial charge is 0.355 e. The summed E-state index contributed by atoms with van der Waals surface area (Å²) in [6, 6.07) is 10.9. The molecule has 0 unspecified atom stereocenters. The highest BCUT2D eigenvalue weighted by atomic mass is 35.5. The maximum atomic E-state index is 12.3. The van der Waals surface area contributed by atoms with Crippen LogP contribution in [0.15, 0.2) is 46.3 Å². The molecule has 0 fully saturated rings. The van der Waals surface area contributed by atoms with E-state index in [0.717, 1.165) is 16.2 Å². The van der Waals surface area contributed by atoms with Crippen molar-refractivity contribution in [1.82, 2.24) is 9.55 Å². The quantitative estimate of drug-likeness (QED) is 0.512. The summed E-state index contributed by atoms with van der Waals surface area (Å²) in [6.45, 7) is 4.35. The predicted octanol–water partition coefficient (Wildman–Crippen LogP) is 5.29. The number of aromatic carboxylic acids is 1. The number of carbonyl (C=O) groups is 1. The van der Waals surface area contributed by atoms with E-state index in [1.165, 1.54) is 11.8 Å². The van der Waals surface area contributed by atoms with Crippen LogP contribution in [0.4, 0.5) is 0 Å². The molecule has 31 heavy (non-hydrogen) atoms. The van der Waals surface area contributed by atoms with E-state index < -0.39 is 5.97 Å². The molecule has 3 aromatic rings. The van der Waals surface area contributed by atoms with Crippen LogP contribution >= 0.6 is 23.4 Å². The number of nitrogens with zero attached hydrogens (tertiary/aromatic N) is 2. The van der Waals surface area contributed by atoms with E-state index in [-0.39, 0.29) is 24.9 Å². The van der Waals surface area contributed by atoms with E-state index >= 15 is 0 Å². The van der Waals surface area contributed by atoms with Gasteiger partial charge in [0.25, 0.3) is 0 Å². The fourth-order valence-electron chi connectivity index (χ4n) is 3.33. The molecule has 0 saturated carbocycles. The van der Waals surface area contributed by atoms with E-state index in [1.807, 2.05) is 38.1 Å². The van der Waals surface area contributed by atoms with Gasteiger partial charge in [-0.25, -0.2) is 9.78 Å². The monoisotopic (exact) mass is 460 g/mol. The molecular formula is C22H21ClN2O5S. The van der Waals surface area contributed by atoms with Crippen molar-refractivity contribution in [3.8, 4) is 17.2 Å². The maximum Gasteiger partial charge on any atom is 0.355 e. The largest absolute Gasteiger partial charge is 0.497 e. The molecule has 0 bridgehead atoms. The van der Waals surface area contributed by atoms with Crippen molar-refractivity contribution >= 4 is 29.3 Å². The predicted molar refractivity (Wildman–Crippen MR) is 117 cm³/mol. The number of methoxy groups -OCH3 is 1. The lowest BCUT2D eigenvalue weighted by molar-refractivity contribution is 0.0681. The summed E-state index contributed by atoms with van der Waals surface area (Å²) in [6.07, 6.45) is 0. The third kappa shape index (κ3) is 4.31. The Bertz CT molecular complexity index is 1130. The molecule has 2 aromatic carbocycles. The van der Waals surface area contributed by atoms with Crippen LogP contribution in [0.2, 0.25) is 5.02 Å². The van der Waals surface area contributed by atoms with Crippen LogP contribution in [0.1, 0.15) is 41.6 Å². The number of carboxylic acid groups (broad SMARTS) is 1. The molecule has 7 nitrogen and oxygen atoms in total. The lowest BCUT2D eigenvalue weighted by Gasteiger charge is -2.14. The average molecular weight is 461 g/mol. The van der Waals surface area contributed by atoms with Crippen molar-refractivity contribution in [2.45, 2.75) is 36.2 Å². The molecule has 0 radical (unpaired) electrons. The zero-order chi connectivity index (χ0) is 22.1. The molecule has 1 N–H and O–H groups in total. The van der Waals surface area contributed by atoms with Gasteiger partial charge in [-0.05, 0) is 35.9 Å². The molecule has 0 atom stereocenters. The number of benzene rings is 2. The second kappa shape index (κ2) is 8.72. The van der Waals surface area contributed by atoms with Gasteiger partial charge in [0.1, 0.15) is 16.6 Å². The summed E-state index contributed by atoms with van der Waals surface area (Å²) in [5.74, 6) is 1.53. The van der Waals surface area contributed by atoms with Crippen molar-refractivity contribution in [3.05, 3.63) is 58.5 Å². The molecule has 0 amide bonds. The molecule has 0 spiro atoms. The molecule has 0 aliphatic carbocycles. The summed E-state index contributed by atoms with van der Waals surface area (Å²) >= 11 is 7.76. The first-order chi connectivity index (χ1) is 14.9. The summed E-state index contributed by atoms with van der Waals surface area (Å²) in [5, 5.41) is 10.9. The number of hydrogen-bond donors (Lipinski definition) is 1. The molecule has 0 saturated heterocycles. The van der Waals surface area contributed by atoms with Crippen molar-refractivity contribution in [2.24, 2.45) is 0 Å². The minimum Gasteiger partial charge on any atom is -0.497 e. The Labute approximate surface area is 188 Å². The van der Waals surface area contributed by atoms with Crippen LogP contribution in [-0.4, -0.2) is 34.5 Å².